The molecule has 1 aliphatic rings. The molecule has 9 heteroatoms. The summed E-state index contributed by atoms with van der Waals surface area (Å²) in [6, 6.07) is 7.75. The van der Waals surface area contributed by atoms with Gasteiger partial charge >= 0.3 is 7.12 Å². The third-order valence-electron chi connectivity index (χ3n) is 3.43. The molecular formula is C12H17BN2O5S. The molecular weight excluding hydrogens is 295 g/mol. The zero-order valence-corrected chi connectivity index (χ0v) is 12.2. The SMILES string of the molecule is O=C(CNS(=O)(=O)c1ccccc1)N1CCC[C@H]1B(O)O. The molecule has 21 heavy (non-hydrogen) atoms. The molecule has 0 spiro atoms. The maximum atomic E-state index is 12.0. The van der Waals surface area contributed by atoms with Gasteiger partial charge in [0.25, 0.3) is 0 Å². The first-order chi connectivity index (χ1) is 9.92. The van der Waals surface area contributed by atoms with Crippen LogP contribution in [0.15, 0.2) is 35.2 Å². The van der Waals surface area contributed by atoms with E-state index in [4.69, 9.17) is 0 Å². The molecule has 0 saturated carbocycles. The molecule has 1 aromatic carbocycles. The van der Waals surface area contributed by atoms with Gasteiger partial charge in [-0.05, 0) is 25.0 Å². The summed E-state index contributed by atoms with van der Waals surface area (Å²) in [7, 11) is -5.35. The highest BCUT2D eigenvalue weighted by molar-refractivity contribution is 7.89. The van der Waals surface area contributed by atoms with Gasteiger partial charge in [-0.25, -0.2) is 13.1 Å². The number of rotatable bonds is 5. The Morgan fingerprint density at radius 3 is 2.62 bits per heavy atom. The fourth-order valence-corrected chi connectivity index (χ4v) is 3.35. The Morgan fingerprint density at radius 2 is 2.00 bits per heavy atom. The molecule has 2 rings (SSSR count). The predicted molar refractivity (Wildman–Crippen MR) is 76.6 cm³/mol. The van der Waals surface area contributed by atoms with Crippen molar-refractivity contribution in [2.75, 3.05) is 13.1 Å². The van der Waals surface area contributed by atoms with E-state index in [0.29, 0.717) is 19.4 Å². The normalized spacial score (nSPS) is 18.8. The first-order valence-electron chi connectivity index (χ1n) is 6.62. The molecule has 7 nitrogen and oxygen atoms in total. The second-order valence-electron chi connectivity index (χ2n) is 4.85. The Morgan fingerprint density at radius 1 is 1.33 bits per heavy atom. The van der Waals surface area contributed by atoms with Crippen molar-refractivity contribution in [1.29, 1.82) is 0 Å². The minimum Gasteiger partial charge on any atom is -0.426 e. The third kappa shape index (κ3) is 3.82. The van der Waals surface area contributed by atoms with Crippen molar-refractivity contribution >= 4 is 23.0 Å². The van der Waals surface area contributed by atoms with Crippen LogP contribution < -0.4 is 4.72 Å². The van der Waals surface area contributed by atoms with E-state index in [1.807, 2.05) is 0 Å². The first-order valence-corrected chi connectivity index (χ1v) is 8.10. The van der Waals surface area contributed by atoms with Crippen LogP contribution in [0.25, 0.3) is 0 Å². The van der Waals surface area contributed by atoms with E-state index in [1.54, 1.807) is 18.2 Å². The van der Waals surface area contributed by atoms with Gasteiger partial charge in [-0.15, -0.1) is 0 Å². The fraction of sp³-hybridized carbons (Fsp3) is 0.417. The number of hydrogen-bond donors (Lipinski definition) is 3. The Hall–Kier alpha value is -1.42. The van der Waals surface area contributed by atoms with Crippen LogP contribution in [0.3, 0.4) is 0 Å². The summed E-state index contributed by atoms with van der Waals surface area (Å²) in [4.78, 5) is 13.4. The van der Waals surface area contributed by atoms with Crippen LogP contribution in [0.4, 0.5) is 0 Å². The Labute approximate surface area is 123 Å². The van der Waals surface area contributed by atoms with Crippen LogP contribution in [0.5, 0.6) is 0 Å². The lowest BCUT2D eigenvalue weighted by Crippen LogP contribution is -2.48. The van der Waals surface area contributed by atoms with Gasteiger partial charge in [-0.1, -0.05) is 18.2 Å². The Balaban J connectivity index is 1.98. The van der Waals surface area contributed by atoms with E-state index >= 15 is 0 Å². The molecule has 0 aromatic heterocycles. The van der Waals surface area contributed by atoms with Crippen molar-refractivity contribution in [3.8, 4) is 0 Å². The van der Waals surface area contributed by atoms with E-state index < -0.39 is 35.5 Å². The first kappa shape index (κ1) is 16.0. The monoisotopic (exact) mass is 312 g/mol. The lowest BCUT2D eigenvalue weighted by atomic mass is 9.78. The number of nitrogens with one attached hydrogen (secondary N) is 1. The molecule has 0 aliphatic carbocycles. The maximum Gasteiger partial charge on any atom is 0.475 e. The molecule has 1 aromatic rings. The predicted octanol–water partition coefficient (Wildman–Crippen LogP) is -1.03. The van der Waals surface area contributed by atoms with E-state index in [1.165, 1.54) is 17.0 Å². The summed E-state index contributed by atoms with van der Waals surface area (Å²) in [5, 5.41) is 18.4. The second-order valence-corrected chi connectivity index (χ2v) is 6.61. The van der Waals surface area contributed by atoms with Crippen molar-refractivity contribution in [2.24, 2.45) is 0 Å². The van der Waals surface area contributed by atoms with E-state index in [9.17, 15) is 23.3 Å². The molecule has 0 bridgehead atoms. The van der Waals surface area contributed by atoms with Crippen molar-refractivity contribution < 1.29 is 23.3 Å². The molecule has 1 atom stereocenters. The average Bonchev–Trinajstić information content (AvgIpc) is 2.95. The molecule has 114 valence electrons. The Bertz CT molecular complexity index is 593. The van der Waals surface area contributed by atoms with Gasteiger partial charge < -0.3 is 14.9 Å². The summed E-state index contributed by atoms with van der Waals surface area (Å²) >= 11 is 0. The van der Waals surface area contributed by atoms with Gasteiger partial charge in [0.2, 0.25) is 15.9 Å². The maximum absolute atomic E-state index is 12.0. The van der Waals surface area contributed by atoms with Gasteiger partial charge in [-0.3, -0.25) is 4.79 Å². The van der Waals surface area contributed by atoms with E-state index in [-0.39, 0.29) is 4.90 Å². The van der Waals surface area contributed by atoms with Crippen LogP contribution in [0.2, 0.25) is 0 Å². The van der Waals surface area contributed by atoms with Crippen LogP contribution in [-0.2, 0) is 14.8 Å². The summed E-state index contributed by atoms with van der Waals surface area (Å²) in [6.45, 7) is -0.00533. The summed E-state index contributed by atoms with van der Waals surface area (Å²) in [5.74, 6) is -1.14. The zero-order valence-electron chi connectivity index (χ0n) is 11.3. The molecule has 3 N–H and O–H groups in total. The number of carbonyl (C=O) groups is 1. The molecule has 1 heterocycles. The number of benzene rings is 1. The van der Waals surface area contributed by atoms with Gasteiger partial charge in [0.1, 0.15) is 0 Å². The molecule has 1 fully saturated rings. The number of amides is 1. The number of sulfonamides is 1. The summed E-state index contributed by atoms with van der Waals surface area (Å²) < 4.78 is 26.2. The van der Waals surface area contributed by atoms with E-state index in [2.05, 4.69) is 4.72 Å². The summed E-state index contributed by atoms with van der Waals surface area (Å²) in [5.41, 5.74) is 0. The van der Waals surface area contributed by atoms with Gasteiger partial charge in [0.15, 0.2) is 0 Å². The highest BCUT2D eigenvalue weighted by atomic mass is 32.2. The largest absolute Gasteiger partial charge is 0.475 e. The lowest BCUT2D eigenvalue weighted by molar-refractivity contribution is -0.129. The second kappa shape index (κ2) is 6.57. The molecule has 0 unspecified atom stereocenters. The van der Waals surface area contributed by atoms with Crippen LogP contribution in [-0.4, -0.2) is 55.4 Å². The molecule has 1 aliphatic heterocycles. The highest BCUT2D eigenvalue weighted by Crippen LogP contribution is 2.18. The minimum absolute atomic E-state index is 0.0814. The van der Waals surface area contributed by atoms with Crippen LogP contribution in [0.1, 0.15) is 12.8 Å². The quantitative estimate of drug-likeness (QED) is 0.603. The zero-order chi connectivity index (χ0) is 15.5. The number of likely N-dealkylation sites (tertiary alicyclic amines) is 1. The van der Waals surface area contributed by atoms with Crippen LogP contribution >= 0.6 is 0 Å². The van der Waals surface area contributed by atoms with Crippen molar-refractivity contribution in [1.82, 2.24) is 9.62 Å². The highest BCUT2D eigenvalue weighted by Gasteiger charge is 2.36. The number of hydrogen-bond acceptors (Lipinski definition) is 5. The Kier molecular flexibility index (Phi) is 4.99. The molecule has 0 radical (unpaired) electrons. The smallest absolute Gasteiger partial charge is 0.426 e. The topological polar surface area (TPSA) is 107 Å². The van der Waals surface area contributed by atoms with Gasteiger partial charge in [-0.2, -0.15) is 0 Å². The van der Waals surface area contributed by atoms with E-state index in [0.717, 1.165) is 0 Å². The summed E-state index contributed by atoms with van der Waals surface area (Å²) in [6.07, 6.45) is 1.16. The molecule has 1 saturated heterocycles. The number of carbonyl (C=O) groups excluding carboxylic acids is 1. The van der Waals surface area contributed by atoms with Crippen LogP contribution in [0, 0.1) is 0 Å². The van der Waals surface area contributed by atoms with Gasteiger partial charge in [0.05, 0.1) is 17.4 Å². The fourth-order valence-electron chi connectivity index (χ4n) is 2.35. The average molecular weight is 312 g/mol. The minimum atomic E-state index is -3.75. The van der Waals surface area contributed by atoms with Crippen molar-refractivity contribution in [2.45, 2.75) is 23.7 Å². The van der Waals surface area contributed by atoms with Crippen molar-refractivity contribution in [3.63, 3.8) is 0 Å². The molecule has 1 amide bonds. The number of nitrogens with zero attached hydrogens (tertiary/aromatic N) is 1. The third-order valence-corrected chi connectivity index (χ3v) is 4.85. The van der Waals surface area contributed by atoms with Gasteiger partial charge in [0, 0.05) is 6.54 Å². The van der Waals surface area contributed by atoms with Crippen molar-refractivity contribution in [3.05, 3.63) is 30.3 Å². The standard InChI is InChI=1S/C12H17BN2O5S/c16-12(15-8-4-7-11(15)13(17)18)9-14-21(19,20)10-5-2-1-3-6-10/h1-3,5-6,11,14,17-18H,4,7-9H2/t11-/m0/s1. The lowest BCUT2D eigenvalue weighted by Gasteiger charge is -2.24.